The van der Waals surface area contributed by atoms with E-state index in [0.29, 0.717) is 0 Å². The van der Waals surface area contributed by atoms with E-state index in [-0.39, 0.29) is 18.6 Å². The summed E-state index contributed by atoms with van der Waals surface area (Å²) in [5, 5.41) is 11.5. The van der Waals surface area contributed by atoms with Crippen LogP contribution in [-0.4, -0.2) is 30.6 Å². The van der Waals surface area contributed by atoms with Crippen LogP contribution in [0.2, 0.25) is 0 Å². The maximum atomic E-state index is 11.6. The minimum atomic E-state index is -1.31. The molecule has 0 saturated heterocycles. The smallest absolute Gasteiger partial charge is 0.332 e. The molecule has 0 aromatic rings. The number of amides is 1. The number of hydrogen-bond donors (Lipinski definition) is 2. The molecule has 0 aromatic heterocycles. The first-order valence-electron chi connectivity index (χ1n) is 5.72. The Labute approximate surface area is 100 Å². The fraction of sp³-hybridized carbons (Fsp3) is 0.727. The number of carbonyl (C=O) groups is 2. The van der Waals surface area contributed by atoms with Gasteiger partial charge in [-0.15, -0.1) is 0 Å². The van der Waals surface area contributed by atoms with Gasteiger partial charge < -0.3 is 15.8 Å². The molecule has 94 valence electrons. The molecule has 0 aliphatic heterocycles. The Morgan fingerprint density at radius 1 is 1.59 bits per heavy atom. The number of nitrogens with one attached hydrogen (secondary N) is 1. The third-order valence-electron chi connectivity index (χ3n) is 2.83. The number of ether oxygens (including phenoxy) is 1. The predicted molar refractivity (Wildman–Crippen MR) is 59.5 cm³/mol. The van der Waals surface area contributed by atoms with E-state index in [4.69, 9.17) is 11.0 Å². The summed E-state index contributed by atoms with van der Waals surface area (Å²) >= 11 is 0. The van der Waals surface area contributed by atoms with Crippen molar-refractivity contribution < 1.29 is 14.3 Å². The molecule has 3 unspecified atom stereocenters. The molecule has 1 aliphatic carbocycles. The normalized spacial score (nSPS) is 24.8. The lowest BCUT2D eigenvalue weighted by Gasteiger charge is -2.18. The average molecular weight is 239 g/mol. The molecule has 1 fully saturated rings. The van der Waals surface area contributed by atoms with Gasteiger partial charge in [0.05, 0.1) is 18.6 Å². The van der Waals surface area contributed by atoms with Crippen molar-refractivity contribution in [3.63, 3.8) is 0 Å². The summed E-state index contributed by atoms with van der Waals surface area (Å²) in [6.07, 6.45) is 2.42. The van der Waals surface area contributed by atoms with Gasteiger partial charge in [-0.2, -0.15) is 5.26 Å². The van der Waals surface area contributed by atoms with E-state index in [2.05, 4.69) is 16.1 Å². The topological polar surface area (TPSA) is 105 Å². The monoisotopic (exact) mass is 239 g/mol. The lowest BCUT2D eigenvalue weighted by Crippen LogP contribution is -2.50. The van der Waals surface area contributed by atoms with Crippen molar-refractivity contribution in [2.45, 2.75) is 38.3 Å². The molecule has 3 N–H and O–H groups in total. The molecule has 17 heavy (non-hydrogen) atoms. The van der Waals surface area contributed by atoms with E-state index in [0.717, 1.165) is 19.3 Å². The maximum Gasteiger partial charge on any atom is 0.332 e. The van der Waals surface area contributed by atoms with Crippen LogP contribution < -0.4 is 11.1 Å². The van der Waals surface area contributed by atoms with Crippen molar-refractivity contribution in [3.05, 3.63) is 0 Å². The Balaban J connectivity index is 2.49. The molecule has 0 heterocycles. The van der Waals surface area contributed by atoms with Crippen LogP contribution in [0.15, 0.2) is 0 Å². The summed E-state index contributed by atoms with van der Waals surface area (Å²) in [6.45, 7) is 1.83. The Hall–Kier alpha value is -1.61. The van der Waals surface area contributed by atoms with E-state index in [1.54, 1.807) is 6.92 Å². The van der Waals surface area contributed by atoms with Gasteiger partial charge in [-0.1, -0.05) is 0 Å². The highest BCUT2D eigenvalue weighted by Crippen LogP contribution is 2.24. The highest BCUT2D eigenvalue weighted by atomic mass is 16.5. The molecular weight excluding hydrogens is 222 g/mol. The van der Waals surface area contributed by atoms with Crippen LogP contribution in [0.1, 0.15) is 26.2 Å². The molecule has 1 amide bonds. The zero-order valence-corrected chi connectivity index (χ0v) is 9.81. The molecule has 6 heteroatoms. The van der Waals surface area contributed by atoms with Gasteiger partial charge in [0.15, 0.2) is 6.04 Å². The van der Waals surface area contributed by atoms with Gasteiger partial charge in [-0.05, 0) is 26.2 Å². The number of esters is 1. The first-order chi connectivity index (χ1) is 8.10. The van der Waals surface area contributed by atoms with Gasteiger partial charge in [-0.3, -0.25) is 4.79 Å². The summed E-state index contributed by atoms with van der Waals surface area (Å²) in [4.78, 5) is 22.9. The first-order valence-corrected chi connectivity index (χ1v) is 5.72. The van der Waals surface area contributed by atoms with E-state index in [1.165, 1.54) is 0 Å². The van der Waals surface area contributed by atoms with Crippen molar-refractivity contribution in [2.24, 2.45) is 11.7 Å². The molecule has 6 nitrogen and oxygen atoms in total. The van der Waals surface area contributed by atoms with Crippen LogP contribution in [0.3, 0.4) is 0 Å². The number of nitrogens with two attached hydrogens (primary N) is 1. The van der Waals surface area contributed by atoms with Gasteiger partial charge in [0.25, 0.3) is 0 Å². The molecule has 0 bridgehead atoms. The fourth-order valence-corrected chi connectivity index (χ4v) is 1.90. The van der Waals surface area contributed by atoms with Crippen LogP contribution in [0.5, 0.6) is 0 Å². The molecule has 1 rings (SSSR count). The average Bonchev–Trinajstić information content (AvgIpc) is 2.75. The van der Waals surface area contributed by atoms with Crippen LogP contribution in [0.4, 0.5) is 0 Å². The van der Waals surface area contributed by atoms with E-state index < -0.39 is 17.9 Å². The van der Waals surface area contributed by atoms with Crippen molar-refractivity contribution in [1.82, 2.24) is 5.32 Å². The second-order valence-corrected chi connectivity index (χ2v) is 4.01. The standard InChI is InChI=1S/C11H17N3O3/c1-2-17-11(16)9(13)10(15)14-8-5-3-4-7(8)6-12/h7-9H,2-5,13H2,1H3,(H,14,15). The Bertz CT molecular complexity index is 337. The lowest BCUT2D eigenvalue weighted by atomic mass is 10.1. The number of nitriles is 1. The minimum absolute atomic E-state index is 0.185. The highest BCUT2D eigenvalue weighted by Gasteiger charge is 2.32. The number of carbonyl (C=O) groups excluding carboxylic acids is 2. The Kier molecular flexibility index (Phi) is 4.91. The van der Waals surface area contributed by atoms with E-state index in [1.807, 2.05) is 0 Å². The molecule has 1 aliphatic rings. The summed E-state index contributed by atoms with van der Waals surface area (Å²) in [7, 11) is 0. The molecule has 3 atom stereocenters. The summed E-state index contributed by atoms with van der Waals surface area (Å²) in [6, 6.07) is 0.630. The van der Waals surface area contributed by atoms with Crippen molar-refractivity contribution in [2.75, 3.05) is 6.61 Å². The minimum Gasteiger partial charge on any atom is -0.464 e. The zero-order chi connectivity index (χ0) is 12.8. The summed E-state index contributed by atoms with van der Waals surface area (Å²) < 4.78 is 4.65. The first kappa shape index (κ1) is 13.5. The van der Waals surface area contributed by atoms with E-state index >= 15 is 0 Å². The van der Waals surface area contributed by atoms with Crippen molar-refractivity contribution in [3.8, 4) is 6.07 Å². The third kappa shape index (κ3) is 3.43. The van der Waals surface area contributed by atoms with Gasteiger partial charge in [0, 0.05) is 6.04 Å². The van der Waals surface area contributed by atoms with Crippen molar-refractivity contribution >= 4 is 11.9 Å². The second-order valence-electron chi connectivity index (χ2n) is 4.01. The van der Waals surface area contributed by atoms with Gasteiger partial charge in [-0.25, -0.2) is 4.79 Å². The zero-order valence-electron chi connectivity index (χ0n) is 9.81. The molecular formula is C11H17N3O3. The third-order valence-corrected chi connectivity index (χ3v) is 2.83. The number of rotatable bonds is 4. The SMILES string of the molecule is CCOC(=O)C(N)C(=O)NC1CCCC1C#N. The summed E-state index contributed by atoms with van der Waals surface area (Å²) in [5.41, 5.74) is 5.44. The summed E-state index contributed by atoms with van der Waals surface area (Å²) in [5.74, 6) is -1.50. The number of nitrogens with zero attached hydrogens (tertiary/aromatic N) is 1. The molecule has 0 spiro atoms. The molecule has 1 saturated carbocycles. The quantitative estimate of drug-likeness (QED) is 0.517. The number of hydrogen-bond acceptors (Lipinski definition) is 5. The van der Waals surface area contributed by atoms with E-state index in [9.17, 15) is 9.59 Å². The maximum absolute atomic E-state index is 11.6. The fourth-order valence-electron chi connectivity index (χ4n) is 1.90. The van der Waals surface area contributed by atoms with Gasteiger partial charge in [0.2, 0.25) is 5.91 Å². The predicted octanol–water partition coefficient (Wildman–Crippen LogP) is -0.315. The highest BCUT2D eigenvalue weighted by molar-refractivity contribution is 6.01. The Morgan fingerprint density at radius 2 is 2.29 bits per heavy atom. The largest absolute Gasteiger partial charge is 0.464 e. The van der Waals surface area contributed by atoms with Gasteiger partial charge >= 0.3 is 5.97 Å². The van der Waals surface area contributed by atoms with Crippen molar-refractivity contribution in [1.29, 1.82) is 5.26 Å². The Morgan fingerprint density at radius 3 is 2.88 bits per heavy atom. The lowest BCUT2D eigenvalue weighted by molar-refractivity contribution is -0.148. The molecule has 0 radical (unpaired) electrons. The van der Waals surface area contributed by atoms with Crippen LogP contribution in [0.25, 0.3) is 0 Å². The molecule has 0 aromatic carbocycles. The van der Waals surface area contributed by atoms with Crippen LogP contribution >= 0.6 is 0 Å². The van der Waals surface area contributed by atoms with Crippen LogP contribution in [-0.2, 0) is 14.3 Å². The van der Waals surface area contributed by atoms with Gasteiger partial charge in [0.1, 0.15) is 0 Å². The van der Waals surface area contributed by atoms with Crippen LogP contribution in [0, 0.1) is 17.2 Å². The second kappa shape index (κ2) is 6.21.